The highest BCUT2D eigenvalue weighted by molar-refractivity contribution is 5.94. The van der Waals surface area contributed by atoms with Crippen LogP contribution < -0.4 is 5.73 Å². The minimum absolute atomic E-state index is 0.407. The zero-order valence-corrected chi connectivity index (χ0v) is 11.0. The van der Waals surface area contributed by atoms with Crippen molar-refractivity contribution in [1.82, 2.24) is 14.8 Å². The lowest BCUT2D eigenvalue weighted by atomic mass is 10.1. The lowest BCUT2D eigenvalue weighted by Crippen LogP contribution is -2.02. The summed E-state index contributed by atoms with van der Waals surface area (Å²) in [6.07, 6.45) is 3.72. The number of nitrogens with two attached hydrogens (primary N) is 1. The van der Waals surface area contributed by atoms with Crippen LogP contribution in [0.2, 0.25) is 0 Å². The van der Waals surface area contributed by atoms with Crippen LogP contribution in [0.3, 0.4) is 0 Å². The lowest BCUT2D eigenvalue weighted by Gasteiger charge is -2.08. The highest BCUT2D eigenvalue weighted by Gasteiger charge is 2.09. The van der Waals surface area contributed by atoms with Crippen molar-refractivity contribution in [3.8, 4) is 5.69 Å². The van der Waals surface area contributed by atoms with Gasteiger partial charge in [0.25, 0.3) is 0 Å². The van der Waals surface area contributed by atoms with Gasteiger partial charge in [-0.2, -0.15) is 5.10 Å². The van der Waals surface area contributed by atoms with Gasteiger partial charge in [-0.15, -0.1) is 0 Å². The number of benzene rings is 1. The van der Waals surface area contributed by atoms with Crippen LogP contribution in [0.5, 0.6) is 0 Å². The number of pyridine rings is 1. The average molecular weight is 252 g/mol. The Balaban J connectivity index is 2.16. The number of nitrogens with zero attached hydrogens (tertiary/aromatic N) is 3. The first-order chi connectivity index (χ1) is 9.16. The quantitative estimate of drug-likeness (QED) is 0.713. The largest absolute Gasteiger partial charge is 0.396 e. The molecule has 0 atom stereocenters. The van der Waals surface area contributed by atoms with E-state index in [1.54, 1.807) is 6.20 Å². The van der Waals surface area contributed by atoms with E-state index in [4.69, 9.17) is 5.73 Å². The Labute approximate surface area is 111 Å². The van der Waals surface area contributed by atoms with E-state index in [-0.39, 0.29) is 0 Å². The van der Waals surface area contributed by atoms with E-state index in [9.17, 15) is 0 Å². The van der Waals surface area contributed by atoms with E-state index in [1.165, 1.54) is 0 Å². The van der Waals surface area contributed by atoms with Gasteiger partial charge < -0.3 is 5.73 Å². The minimum atomic E-state index is 0.407. The summed E-state index contributed by atoms with van der Waals surface area (Å²) in [4.78, 5) is 4.30. The third-order valence-corrected chi connectivity index (χ3v) is 3.25. The number of fused-ring (bicyclic) bond motifs is 1. The third-order valence-electron chi connectivity index (χ3n) is 3.25. The molecule has 2 N–H and O–H groups in total. The van der Waals surface area contributed by atoms with Crippen LogP contribution in [0, 0.1) is 0 Å². The Morgan fingerprint density at radius 2 is 2.00 bits per heavy atom. The van der Waals surface area contributed by atoms with E-state index in [1.807, 2.05) is 41.2 Å². The van der Waals surface area contributed by atoms with E-state index in [2.05, 4.69) is 23.9 Å². The second kappa shape index (κ2) is 4.39. The fraction of sp³-hybridized carbons (Fsp3) is 0.200. The van der Waals surface area contributed by atoms with Crippen molar-refractivity contribution in [1.29, 1.82) is 0 Å². The molecule has 3 rings (SSSR count). The molecule has 0 amide bonds. The molecule has 19 heavy (non-hydrogen) atoms. The summed E-state index contributed by atoms with van der Waals surface area (Å²) in [6.45, 7) is 4.25. The third kappa shape index (κ3) is 1.95. The number of nitrogen functional groups attached to an aromatic ring is 1. The van der Waals surface area contributed by atoms with Crippen molar-refractivity contribution >= 4 is 16.6 Å². The topological polar surface area (TPSA) is 56.7 Å². The average Bonchev–Trinajstić information content (AvgIpc) is 2.89. The Kier molecular flexibility index (Phi) is 2.71. The van der Waals surface area contributed by atoms with Gasteiger partial charge in [0.2, 0.25) is 0 Å². The molecule has 0 saturated heterocycles. The molecule has 0 spiro atoms. The molecule has 0 bridgehead atoms. The van der Waals surface area contributed by atoms with Crippen molar-refractivity contribution in [2.45, 2.75) is 19.8 Å². The first kappa shape index (κ1) is 11.7. The lowest BCUT2D eigenvalue weighted by molar-refractivity contribution is 0.769. The zero-order chi connectivity index (χ0) is 13.4. The first-order valence-electron chi connectivity index (χ1n) is 6.36. The van der Waals surface area contributed by atoms with Crippen LogP contribution in [0.4, 0.5) is 5.69 Å². The Morgan fingerprint density at radius 1 is 1.16 bits per heavy atom. The van der Waals surface area contributed by atoms with Crippen LogP contribution in [-0.4, -0.2) is 14.8 Å². The normalized spacial score (nSPS) is 11.3. The highest BCUT2D eigenvalue weighted by Crippen LogP contribution is 2.26. The number of rotatable bonds is 2. The summed E-state index contributed by atoms with van der Waals surface area (Å²) >= 11 is 0. The molecule has 0 radical (unpaired) electrons. The van der Waals surface area contributed by atoms with E-state index in [0.717, 1.165) is 22.3 Å². The molecule has 0 aliphatic heterocycles. The van der Waals surface area contributed by atoms with Gasteiger partial charge in [0, 0.05) is 17.8 Å². The van der Waals surface area contributed by atoms with Crippen molar-refractivity contribution in [2.24, 2.45) is 0 Å². The molecular weight excluding hydrogens is 236 g/mol. The van der Waals surface area contributed by atoms with Crippen molar-refractivity contribution in [2.75, 3.05) is 5.73 Å². The molecule has 4 heteroatoms. The van der Waals surface area contributed by atoms with Crippen molar-refractivity contribution in [3.05, 3.63) is 48.4 Å². The van der Waals surface area contributed by atoms with Crippen LogP contribution in [-0.2, 0) is 0 Å². The SMILES string of the molecule is CC(C)c1ccn(-c2ccc3ncccc3c2N)n1. The Bertz CT molecular complexity index is 728. The van der Waals surface area contributed by atoms with Crippen molar-refractivity contribution < 1.29 is 0 Å². The van der Waals surface area contributed by atoms with Crippen LogP contribution in [0.25, 0.3) is 16.6 Å². The van der Waals surface area contributed by atoms with Gasteiger partial charge in [-0.3, -0.25) is 4.98 Å². The Morgan fingerprint density at radius 3 is 2.74 bits per heavy atom. The van der Waals surface area contributed by atoms with Gasteiger partial charge >= 0.3 is 0 Å². The fourth-order valence-corrected chi connectivity index (χ4v) is 2.14. The summed E-state index contributed by atoms with van der Waals surface area (Å²) in [5.74, 6) is 0.407. The number of anilines is 1. The van der Waals surface area contributed by atoms with E-state index < -0.39 is 0 Å². The molecule has 2 aromatic heterocycles. The second-order valence-corrected chi connectivity index (χ2v) is 4.91. The second-order valence-electron chi connectivity index (χ2n) is 4.91. The fourth-order valence-electron chi connectivity index (χ4n) is 2.14. The van der Waals surface area contributed by atoms with Gasteiger partial charge in [0.15, 0.2) is 0 Å². The molecule has 3 aromatic rings. The molecular formula is C15H16N4. The van der Waals surface area contributed by atoms with Gasteiger partial charge in [-0.25, -0.2) is 4.68 Å². The highest BCUT2D eigenvalue weighted by atomic mass is 15.3. The monoisotopic (exact) mass is 252 g/mol. The zero-order valence-electron chi connectivity index (χ0n) is 11.0. The van der Waals surface area contributed by atoms with Crippen LogP contribution in [0.15, 0.2) is 42.7 Å². The maximum Gasteiger partial charge on any atom is 0.0882 e. The summed E-state index contributed by atoms with van der Waals surface area (Å²) in [6, 6.07) is 9.83. The maximum absolute atomic E-state index is 6.24. The van der Waals surface area contributed by atoms with Gasteiger partial charge in [0.05, 0.1) is 22.6 Å². The van der Waals surface area contributed by atoms with Gasteiger partial charge in [0.1, 0.15) is 0 Å². The number of aromatic nitrogens is 3. The van der Waals surface area contributed by atoms with Gasteiger partial charge in [-0.1, -0.05) is 13.8 Å². The summed E-state index contributed by atoms with van der Waals surface area (Å²) < 4.78 is 1.83. The smallest absolute Gasteiger partial charge is 0.0882 e. The summed E-state index contributed by atoms with van der Waals surface area (Å²) in [5, 5.41) is 5.52. The molecule has 0 unspecified atom stereocenters. The predicted molar refractivity (Wildman–Crippen MR) is 77.4 cm³/mol. The van der Waals surface area contributed by atoms with Crippen LogP contribution >= 0.6 is 0 Å². The number of hydrogen-bond donors (Lipinski definition) is 1. The minimum Gasteiger partial charge on any atom is -0.396 e. The molecule has 0 saturated carbocycles. The van der Waals surface area contributed by atoms with Gasteiger partial charge in [-0.05, 0) is 36.2 Å². The number of hydrogen-bond acceptors (Lipinski definition) is 3. The molecule has 4 nitrogen and oxygen atoms in total. The standard InChI is InChI=1S/C15H16N4/c1-10(2)12-7-9-19(18-12)14-6-5-13-11(15(14)16)4-3-8-17-13/h3-10H,16H2,1-2H3. The first-order valence-corrected chi connectivity index (χ1v) is 6.36. The Hall–Kier alpha value is -2.36. The van der Waals surface area contributed by atoms with E-state index >= 15 is 0 Å². The molecule has 96 valence electrons. The predicted octanol–water partition coefficient (Wildman–Crippen LogP) is 3.13. The van der Waals surface area contributed by atoms with Crippen LogP contribution in [0.1, 0.15) is 25.5 Å². The molecule has 0 aliphatic rings. The molecule has 1 aromatic carbocycles. The molecule has 0 aliphatic carbocycles. The molecule has 0 fully saturated rings. The van der Waals surface area contributed by atoms with E-state index in [0.29, 0.717) is 11.6 Å². The summed E-state index contributed by atoms with van der Waals surface area (Å²) in [7, 11) is 0. The van der Waals surface area contributed by atoms with Crippen molar-refractivity contribution in [3.63, 3.8) is 0 Å². The summed E-state index contributed by atoms with van der Waals surface area (Å²) in [5.41, 5.74) is 9.81. The molecule has 2 heterocycles. The maximum atomic E-state index is 6.24.